The van der Waals surface area contributed by atoms with Gasteiger partial charge in [0.25, 0.3) is 5.91 Å². The minimum atomic E-state index is -0.0336. The highest BCUT2D eigenvalue weighted by Gasteiger charge is 2.23. The molecular formula is C17H20N2O2. The summed E-state index contributed by atoms with van der Waals surface area (Å²) in [7, 11) is 0. The fourth-order valence-electron chi connectivity index (χ4n) is 2.76. The molecule has 21 heavy (non-hydrogen) atoms. The van der Waals surface area contributed by atoms with Gasteiger partial charge in [-0.1, -0.05) is 42.4 Å². The van der Waals surface area contributed by atoms with Crippen molar-refractivity contribution in [3.63, 3.8) is 0 Å². The molecule has 2 aromatic rings. The Bertz CT molecular complexity index is 600. The summed E-state index contributed by atoms with van der Waals surface area (Å²) in [6.45, 7) is 3.72. The second kappa shape index (κ2) is 6.12. The van der Waals surface area contributed by atoms with Crippen LogP contribution in [0.1, 0.15) is 53.9 Å². The molecule has 1 aliphatic rings. The monoisotopic (exact) mass is 284 g/mol. The average Bonchev–Trinajstić information content (AvgIpc) is 3.05. The molecule has 1 unspecified atom stereocenters. The number of benzene rings is 1. The number of hydrogen-bond acceptors (Lipinski definition) is 3. The third kappa shape index (κ3) is 2.99. The summed E-state index contributed by atoms with van der Waals surface area (Å²) in [6.07, 6.45) is 3.36. The normalized spacial score (nSPS) is 16.7. The van der Waals surface area contributed by atoms with Crippen LogP contribution in [0.25, 0.3) is 0 Å². The molecule has 0 bridgehead atoms. The maximum Gasteiger partial charge on any atom is 0.292 e. The predicted molar refractivity (Wildman–Crippen MR) is 80.2 cm³/mol. The molecule has 110 valence electrons. The van der Waals surface area contributed by atoms with Crippen molar-refractivity contribution in [3.8, 4) is 0 Å². The fourth-order valence-corrected chi connectivity index (χ4v) is 2.76. The lowest BCUT2D eigenvalue weighted by atomic mass is 9.98. The van der Waals surface area contributed by atoms with Crippen LogP contribution < -0.4 is 0 Å². The van der Waals surface area contributed by atoms with E-state index in [9.17, 15) is 4.79 Å². The molecule has 1 saturated heterocycles. The van der Waals surface area contributed by atoms with Crippen LogP contribution in [0.15, 0.2) is 40.9 Å². The van der Waals surface area contributed by atoms with E-state index in [-0.39, 0.29) is 11.8 Å². The van der Waals surface area contributed by atoms with Crippen molar-refractivity contribution in [1.29, 1.82) is 0 Å². The minimum absolute atomic E-state index is 0.0336. The lowest BCUT2D eigenvalue weighted by molar-refractivity contribution is 0.0682. The Labute approximate surface area is 124 Å². The van der Waals surface area contributed by atoms with Crippen LogP contribution in [-0.2, 0) is 0 Å². The van der Waals surface area contributed by atoms with Gasteiger partial charge < -0.3 is 9.42 Å². The zero-order valence-electron chi connectivity index (χ0n) is 12.3. The van der Waals surface area contributed by atoms with Gasteiger partial charge in [0, 0.05) is 25.1 Å². The molecule has 0 radical (unpaired) electrons. The SMILES string of the molecule is CC(c1ccccc1)c1cc(C(=O)N2CCCCC2)on1. The summed E-state index contributed by atoms with van der Waals surface area (Å²) in [5, 5.41) is 4.09. The van der Waals surface area contributed by atoms with Gasteiger partial charge in [0.05, 0.1) is 5.69 Å². The van der Waals surface area contributed by atoms with E-state index in [1.807, 2.05) is 23.1 Å². The molecule has 3 rings (SSSR count). The first-order chi connectivity index (χ1) is 10.3. The molecular weight excluding hydrogens is 264 g/mol. The Morgan fingerprint density at radius 1 is 1.19 bits per heavy atom. The topological polar surface area (TPSA) is 46.3 Å². The van der Waals surface area contributed by atoms with Gasteiger partial charge >= 0.3 is 0 Å². The van der Waals surface area contributed by atoms with E-state index < -0.39 is 0 Å². The van der Waals surface area contributed by atoms with Gasteiger partial charge in [0.1, 0.15) is 0 Å². The molecule has 1 aromatic carbocycles. The number of rotatable bonds is 3. The number of likely N-dealkylation sites (tertiary alicyclic amines) is 1. The molecule has 0 N–H and O–H groups in total. The summed E-state index contributed by atoms with van der Waals surface area (Å²) in [4.78, 5) is 14.2. The maximum absolute atomic E-state index is 12.4. The first kappa shape index (κ1) is 13.9. The number of hydrogen-bond donors (Lipinski definition) is 0. The van der Waals surface area contributed by atoms with E-state index in [0.29, 0.717) is 5.76 Å². The van der Waals surface area contributed by atoms with Crippen LogP contribution >= 0.6 is 0 Å². The van der Waals surface area contributed by atoms with Gasteiger partial charge in [-0.3, -0.25) is 4.79 Å². The quantitative estimate of drug-likeness (QED) is 0.867. The number of aromatic nitrogens is 1. The highest BCUT2D eigenvalue weighted by molar-refractivity contribution is 5.91. The standard InChI is InChI=1S/C17H20N2O2/c1-13(14-8-4-2-5-9-14)15-12-16(21-18-15)17(20)19-10-6-3-7-11-19/h2,4-5,8-9,12-13H,3,6-7,10-11H2,1H3. The summed E-state index contributed by atoms with van der Waals surface area (Å²) >= 11 is 0. The van der Waals surface area contributed by atoms with Gasteiger partial charge in [-0.15, -0.1) is 0 Å². The zero-order chi connectivity index (χ0) is 14.7. The Kier molecular flexibility index (Phi) is 4.04. The molecule has 4 nitrogen and oxygen atoms in total. The summed E-state index contributed by atoms with van der Waals surface area (Å²) in [5.41, 5.74) is 1.98. The van der Waals surface area contributed by atoms with E-state index in [1.165, 1.54) is 12.0 Å². The fraction of sp³-hybridized carbons (Fsp3) is 0.412. The van der Waals surface area contributed by atoms with Crippen LogP contribution in [0.5, 0.6) is 0 Å². The molecule has 2 heterocycles. The molecule has 1 fully saturated rings. The van der Waals surface area contributed by atoms with Gasteiger partial charge in [0.15, 0.2) is 0 Å². The molecule has 1 atom stereocenters. The molecule has 1 aliphatic heterocycles. The molecule has 0 aliphatic carbocycles. The molecule has 1 aromatic heterocycles. The number of carbonyl (C=O) groups is 1. The van der Waals surface area contributed by atoms with Crippen molar-refractivity contribution >= 4 is 5.91 Å². The van der Waals surface area contributed by atoms with E-state index in [0.717, 1.165) is 31.6 Å². The smallest absolute Gasteiger partial charge is 0.292 e. The molecule has 0 spiro atoms. The highest BCUT2D eigenvalue weighted by atomic mass is 16.5. The zero-order valence-corrected chi connectivity index (χ0v) is 12.3. The van der Waals surface area contributed by atoms with Crippen LogP contribution in [0.3, 0.4) is 0 Å². The summed E-state index contributed by atoms with van der Waals surface area (Å²) < 4.78 is 5.28. The lowest BCUT2D eigenvalue weighted by Gasteiger charge is -2.25. The maximum atomic E-state index is 12.4. The first-order valence-electron chi connectivity index (χ1n) is 7.56. The van der Waals surface area contributed by atoms with Gasteiger partial charge in [-0.2, -0.15) is 0 Å². The van der Waals surface area contributed by atoms with Gasteiger partial charge in [-0.25, -0.2) is 0 Å². The van der Waals surface area contributed by atoms with E-state index in [2.05, 4.69) is 24.2 Å². The lowest BCUT2D eigenvalue weighted by Crippen LogP contribution is -2.35. The Hall–Kier alpha value is -2.10. The Morgan fingerprint density at radius 3 is 2.62 bits per heavy atom. The van der Waals surface area contributed by atoms with Crippen LogP contribution in [0.2, 0.25) is 0 Å². The first-order valence-corrected chi connectivity index (χ1v) is 7.56. The van der Waals surface area contributed by atoms with E-state index >= 15 is 0 Å². The third-order valence-electron chi connectivity index (χ3n) is 4.13. The van der Waals surface area contributed by atoms with Crippen LogP contribution in [0, 0.1) is 0 Å². The van der Waals surface area contributed by atoms with Crippen molar-refractivity contribution < 1.29 is 9.32 Å². The minimum Gasteiger partial charge on any atom is -0.351 e. The van der Waals surface area contributed by atoms with Crippen molar-refractivity contribution in [2.75, 3.05) is 13.1 Å². The van der Waals surface area contributed by atoms with E-state index in [4.69, 9.17) is 4.52 Å². The van der Waals surface area contributed by atoms with Crippen molar-refractivity contribution in [2.24, 2.45) is 0 Å². The predicted octanol–water partition coefficient (Wildman–Crippen LogP) is 3.45. The van der Waals surface area contributed by atoms with Crippen LogP contribution in [0.4, 0.5) is 0 Å². The van der Waals surface area contributed by atoms with Crippen molar-refractivity contribution in [1.82, 2.24) is 10.1 Å². The average molecular weight is 284 g/mol. The molecule has 4 heteroatoms. The molecule has 0 saturated carbocycles. The van der Waals surface area contributed by atoms with Crippen LogP contribution in [-0.4, -0.2) is 29.1 Å². The summed E-state index contributed by atoms with van der Waals surface area (Å²) in [6, 6.07) is 11.9. The van der Waals surface area contributed by atoms with Gasteiger partial charge in [0.2, 0.25) is 5.76 Å². The largest absolute Gasteiger partial charge is 0.351 e. The second-order valence-corrected chi connectivity index (χ2v) is 5.60. The summed E-state index contributed by atoms with van der Waals surface area (Å²) in [5.74, 6) is 0.446. The Morgan fingerprint density at radius 2 is 1.90 bits per heavy atom. The van der Waals surface area contributed by atoms with Crippen molar-refractivity contribution in [2.45, 2.75) is 32.1 Å². The molecule has 1 amide bonds. The third-order valence-corrected chi connectivity index (χ3v) is 4.13. The number of nitrogens with zero attached hydrogens (tertiary/aromatic N) is 2. The highest BCUT2D eigenvalue weighted by Crippen LogP contribution is 2.24. The van der Waals surface area contributed by atoms with Gasteiger partial charge in [-0.05, 0) is 24.8 Å². The second-order valence-electron chi connectivity index (χ2n) is 5.60. The number of piperidine rings is 1. The Balaban J connectivity index is 1.75. The number of amides is 1. The van der Waals surface area contributed by atoms with E-state index in [1.54, 1.807) is 6.07 Å². The number of carbonyl (C=O) groups excluding carboxylic acids is 1. The van der Waals surface area contributed by atoms with Crippen molar-refractivity contribution in [3.05, 3.63) is 53.4 Å².